The summed E-state index contributed by atoms with van der Waals surface area (Å²) in [6, 6.07) is 15.1. The molecule has 1 aromatic heterocycles. The van der Waals surface area contributed by atoms with Gasteiger partial charge in [0.1, 0.15) is 0 Å². The van der Waals surface area contributed by atoms with Crippen LogP contribution in [0.4, 0.5) is 10.5 Å². The maximum atomic E-state index is 13.3. The van der Waals surface area contributed by atoms with Crippen molar-refractivity contribution in [3.63, 3.8) is 0 Å². The zero-order valence-corrected chi connectivity index (χ0v) is 20.4. The molecule has 0 saturated carbocycles. The molecule has 1 aliphatic heterocycles. The second kappa shape index (κ2) is 10.3. The number of ether oxygens (including phenoxy) is 1. The third-order valence-electron chi connectivity index (χ3n) is 6.03. The van der Waals surface area contributed by atoms with E-state index in [1.807, 2.05) is 57.3 Å². The summed E-state index contributed by atoms with van der Waals surface area (Å²) in [5.41, 5.74) is 3.87. The van der Waals surface area contributed by atoms with E-state index in [-0.39, 0.29) is 18.0 Å². The first-order valence-electron chi connectivity index (χ1n) is 11.5. The number of aromatic nitrogens is 1. The molecule has 0 aliphatic carbocycles. The van der Waals surface area contributed by atoms with Gasteiger partial charge >= 0.3 is 6.09 Å². The van der Waals surface area contributed by atoms with E-state index in [4.69, 9.17) is 21.3 Å². The number of nitrogens with zero attached hydrogens (tertiary/aromatic N) is 3. The van der Waals surface area contributed by atoms with E-state index < -0.39 is 0 Å². The summed E-state index contributed by atoms with van der Waals surface area (Å²) < 4.78 is 5.26. The smallest absolute Gasteiger partial charge is 0.410 e. The largest absolute Gasteiger partial charge is 0.449 e. The van der Waals surface area contributed by atoms with Crippen LogP contribution < -0.4 is 5.32 Å². The number of benzene rings is 2. The monoisotopic (exact) mass is 480 g/mol. The number of nitrogens with one attached hydrogen (secondary N) is 1. The van der Waals surface area contributed by atoms with Crippen molar-refractivity contribution in [1.29, 1.82) is 0 Å². The van der Waals surface area contributed by atoms with E-state index in [2.05, 4.69) is 5.32 Å². The lowest BCUT2D eigenvalue weighted by molar-refractivity contribution is 0.0412. The van der Waals surface area contributed by atoms with Gasteiger partial charge in [-0.2, -0.15) is 0 Å². The van der Waals surface area contributed by atoms with Gasteiger partial charge in [-0.05, 0) is 43.7 Å². The highest BCUT2D eigenvalue weighted by Crippen LogP contribution is 2.30. The molecule has 34 heavy (non-hydrogen) atoms. The first kappa shape index (κ1) is 23.8. The van der Waals surface area contributed by atoms with Gasteiger partial charge in [0, 0.05) is 54.9 Å². The van der Waals surface area contributed by atoms with Crippen LogP contribution in [0.2, 0.25) is 5.02 Å². The summed E-state index contributed by atoms with van der Waals surface area (Å²) in [6.07, 6.45) is 0.460. The molecule has 4 rings (SSSR count). The van der Waals surface area contributed by atoms with Crippen LogP contribution in [0.3, 0.4) is 0 Å². The Balaban J connectivity index is 1.56. The number of pyridine rings is 1. The van der Waals surface area contributed by atoms with Crippen LogP contribution in [0.25, 0.3) is 22.2 Å². The number of rotatable bonds is 5. The average Bonchev–Trinajstić information content (AvgIpc) is 2.86. The molecule has 1 N–H and O–H groups in total. The van der Waals surface area contributed by atoms with Crippen LogP contribution in [0.15, 0.2) is 48.5 Å². The molecular weight excluding hydrogens is 452 g/mol. The molecule has 1 aliphatic rings. The number of fused-ring (bicyclic) bond motifs is 1. The second-order valence-electron chi connectivity index (χ2n) is 8.46. The standard InChI is InChI=1S/C26H29ClN4O3/c1-4-12-34-26(33)31-11-10-30(16-17(31)2)25(32)19-8-9-21-22(27)15-23(29-24(21)14-19)18-6-5-7-20(13-18)28-3/h5-9,13-15,17,28H,4,10-12,16H2,1-3H3/t17-/m1/s1. The lowest BCUT2D eigenvalue weighted by atomic mass is 10.1. The van der Waals surface area contributed by atoms with Gasteiger partial charge in [-0.15, -0.1) is 0 Å². The van der Waals surface area contributed by atoms with Gasteiger partial charge in [0.2, 0.25) is 0 Å². The third-order valence-corrected chi connectivity index (χ3v) is 6.34. The van der Waals surface area contributed by atoms with Crippen molar-refractivity contribution < 1.29 is 14.3 Å². The minimum absolute atomic E-state index is 0.0872. The summed E-state index contributed by atoms with van der Waals surface area (Å²) in [5, 5.41) is 4.51. The number of anilines is 1. The molecule has 0 unspecified atom stereocenters. The summed E-state index contributed by atoms with van der Waals surface area (Å²) in [7, 11) is 1.87. The summed E-state index contributed by atoms with van der Waals surface area (Å²) in [4.78, 5) is 33.8. The Labute approximate surface area is 204 Å². The number of carbonyl (C=O) groups is 2. The molecule has 7 nitrogen and oxygen atoms in total. The third kappa shape index (κ3) is 4.94. The summed E-state index contributed by atoms with van der Waals surface area (Å²) in [5.74, 6) is -0.0872. The van der Waals surface area contributed by atoms with Crippen molar-refractivity contribution in [1.82, 2.24) is 14.8 Å². The van der Waals surface area contributed by atoms with Crippen molar-refractivity contribution in [2.75, 3.05) is 38.6 Å². The Hall–Kier alpha value is -3.32. The molecular formula is C26H29ClN4O3. The van der Waals surface area contributed by atoms with E-state index in [1.54, 1.807) is 21.9 Å². The number of piperazine rings is 1. The van der Waals surface area contributed by atoms with Crippen molar-refractivity contribution in [2.45, 2.75) is 26.3 Å². The maximum Gasteiger partial charge on any atom is 0.410 e. The fourth-order valence-corrected chi connectivity index (χ4v) is 4.43. The molecule has 178 valence electrons. The SMILES string of the molecule is CCCOC(=O)N1CCN(C(=O)c2ccc3c(Cl)cc(-c4cccc(NC)c4)nc3c2)C[C@H]1C. The van der Waals surface area contributed by atoms with Gasteiger partial charge in [0.25, 0.3) is 5.91 Å². The Morgan fingerprint density at radius 3 is 2.74 bits per heavy atom. The van der Waals surface area contributed by atoms with Gasteiger partial charge in [0.15, 0.2) is 0 Å². The van der Waals surface area contributed by atoms with Crippen LogP contribution in [-0.2, 0) is 4.74 Å². The summed E-state index contributed by atoms with van der Waals surface area (Å²) >= 11 is 6.57. The van der Waals surface area contributed by atoms with Crippen molar-refractivity contribution in [3.05, 3.63) is 59.1 Å². The Bertz CT molecular complexity index is 1220. The molecule has 0 bridgehead atoms. The van der Waals surface area contributed by atoms with Crippen molar-refractivity contribution >= 4 is 40.2 Å². The Kier molecular flexibility index (Phi) is 7.22. The molecule has 2 aromatic carbocycles. The van der Waals surface area contributed by atoms with Crippen molar-refractivity contribution in [3.8, 4) is 11.3 Å². The minimum Gasteiger partial charge on any atom is -0.449 e. The Morgan fingerprint density at radius 1 is 1.18 bits per heavy atom. The maximum absolute atomic E-state index is 13.3. The van der Waals surface area contributed by atoms with E-state index in [0.29, 0.717) is 42.3 Å². The molecule has 2 heterocycles. The van der Waals surface area contributed by atoms with Gasteiger partial charge in [-0.25, -0.2) is 9.78 Å². The normalized spacial score (nSPS) is 15.9. The van der Waals surface area contributed by atoms with E-state index in [9.17, 15) is 9.59 Å². The van der Waals surface area contributed by atoms with E-state index in [1.165, 1.54) is 0 Å². The van der Waals surface area contributed by atoms with Gasteiger partial charge in [-0.3, -0.25) is 4.79 Å². The fourth-order valence-electron chi connectivity index (χ4n) is 4.17. The molecule has 8 heteroatoms. The molecule has 1 fully saturated rings. The first-order chi connectivity index (χ1) is 16.4. The molecule has 1 saturated heterocycles. The molecule has 0 spiro atoms. The van der Waals surface area contributed by atoms with Crippen LogP contribution in [0.5, 0.6) is 0 Å². The van der Waals surface area contributed by atoms with E-state index >= 15 is 0 Å². The quantitative estimate of drug-likeness (QED) is 0.537. The van der Waals surface area contributed by atoms with Crippen LogP contribution >= 0.6 is 11.6 Å². The predicted molar refractivity (Wildman–Crippen MR) is 135 cm³/mol. The lowest BCUT2D eigenvalue weighted by Gasteiger charge is -2.39. The Morgan fingerprint density at radius 2 is 2.00 bits per heavy atom. The molecule has 1 atom stereocenters. The number of carbonyl (C=O) groups excluding carboxylic acids is 2. The van der Waals surface area contributed by atoms with Gasteiger partial charge < -0.3 is 19.9 Å². The van der Waals surface area contributed by atoms with Crippen molar-refractivity contribution in [2.24, 2.45) is 0 Å². The number of hydrogen-bond acceptors (Lipinski definition) is 5. The average molecular weight is 481 g/mol. The van der Waals surface area contributed by atoms with Gasteiger partial charge in [-0.1, -0.05) is 36.7 Å². The molecule has 2 amide bonds. The zero-order valence-electron chi connectivity index (χ0n) is 19.7. The summed E-state index contributed by atoms with van der Waals surface area (Å²) in [6.45, 7) is 5.63. The highest BCUT2D eigenvalue weighted by molar-refractivity contribution is 6.35. The number of amides is 2. The number of halogens is 1. The topological polar surface area (TPSA) is 74.8 Å². The van der Waals surface area contributed by atoms with Crippen LogP contribution in [0.1, 0.15) is 30.6 Å². The van der Waals surface area contributed by atoms with Gasteiger partial charge in [0.05, 0.1) is 22.8 Å². The molecule has 3 aromatic rings. The highest BCUT2D eigenvalue weighted by Gasteiger charge is 2.31. The van der Waals surface area contributed by atoms with E-state index in [0.717, 1.165) is 28.8 Å². The highest BCUT2D eigenvalue weighted by atomic mass is 35.5. The fraction of sp³-hybridized carbons (Fsp3) is 0.346. The molecule has 0 radical (unpaired) electrons. The first-order valence-corrected chi connectivity index (χ1v) is 11.9. The number of hydrogen-bond donors (Lipinski definition) is 1. The van der Waals surface area contributed by atoms with Crippen LogP contribution in [0, 0.1) is 0 Å². The minimum atomic E-state index is -0.319. The predicted octanol–water partition coefficient (Wildman–Crippen LogP) is 5.29. The lowest BCUT2D eigenvalue weighted by Crippen LogP contribution is -2.55. The second-order valence-corrected chi connectivity index (χ2v) is 8.87. The zero-order chi connectivity index (χ0) is 24.2. The van der Waals surface area contributed by atoms with Crippen LogP contribution in [-0.4, -0.2) is 66.1 Å².